The Kier molecular flexibility index (Phi) is 7.09. The van der Waals surface area contributed by atoms with Crippen LogP contribution in [0.1, 0.15) is 16.8 Å². The average molecular weight is 310 g/mol. The molecule has 0 fully saturated rings. The molecule has 1 amide bonds. The zero-order chi connectivity index (χ0) is 14.3. The molecule has 1 aromatic rings. The van der Waals surface area contributed by atoms with Crippen LogP contribution in [0.4, 0.5) is 4.39 Å². The Hall–Kier alpha value is -0.880. The van der Waals surface area contributed by atoms with E-state index < -0.39 is 11.7 Å². The fourth-order valence-corrected chi connectivity index (χ4v) is 1.80. The maximum Gasteiger partial charge on any atom is 0.252 e. The monoisotopic (exact) mass is 309 g/mol. The smallest absolute Gasteiger partial charge is 0.252 e. The van der Waals surface area contributed by atoms with E-state index in [1.54, 1.807) is 0 Å². The number of amides is 1. The highest BCUT2D eigenvalue weighted by Crippen LogP contribution is 2.24. The molecular formula is C12H14Cl2FNO3. The number of carbonyl (C=O) groups excluding carboxylic acids is 1. The van der Waals surface area contributed by atoms with Crippen LogP contribution >= 0.6 is 23.2 Å². The van der Waals surface area contributed by atoms with Crippen LogP contribution in [0, 0.1) is 5.82 Å². The summed E-state index contributed by atoms with van der Waals surface area (Å²) in [6.07, 6.45) is 0.583. The van der Waals surface area contributed by atoms with Gasteiger partial charge < -0.3 is 15.2 Å². The topological polar surface area (TPSA) is 58.6 Å². The highest BCUT2D eigenvalue weighted by atomic mass is 35.5. The Bertz CT molecular complexity index is 443. The van der Waals surface area contributed by atoms with E-state index in [2.05, 4.69) is 5.32 Å². The second-order valence-electron chi connectivity index (χ2n) is 3.69. The Labute approximate surface area is 120 Å². The molecule has 106 valence electrons. The van der Waals surface area contributed by atoms with Crippen molar-refractivity contribution < 1.29 is 19.0 Å². The van der Waals surface area contributed by atoms with Gasteiger partial charge in [-0.1, -0.05) is 23.2 Å². The number of aliphatic hydroxyl groups is 1. The van der Waals surface area contributed by atoms with Gasteiger partial charge >= 0.3 is 0 Å². The average Bonchev–Trinajstić information content (AvgIpc) is 2.37. The molecule has 0 saturated heterocycles. The zero-order valence-corrected chi connectivity index (χ0v) is 11.6. The number of hydrogen-bond acceptors (Lipinski definition) is 3. The van der Waals surface area contributed by atoms with Gasteiger partial charge in [0.1, 0.15) is 5.82 Å². The van der Waals surface area contributed by atoms with Gasteiger partial charge in [0, 0.05) is 13.2 Å². The number of aliphatic hydroxyl groups excluding tert-OH is 1. The zero-order valence-electron chi connectivity index (χ0n) is 10.1. The molecule has 0 aliphatic carbocycles. The first-order chi connectivity index (χ1) is 9.06. The summed E-state index contributed by atoms with van der Waals surface area (Å²) < 4.78 is 18.3. The van der Waals surface area contributed by atoms with E-state index in [4.69, 9.17) is 33.0 Å². The molecule has 4 nitrogen and oxygen atoms in total. The van der Waals surface area contributed by atoms with Crippen LogP contribution in [0.5, 0.6) is 0 Å². The van der Waals surface area contributed by atoms with Gasteiger partial charge in [0.25, 0.3) is 5.91 Å². The molecule has 0 radical (unpaired) electrons. The SMILES string of the molecule is O=C(NCCCOCCO)c1cc(F)c(Cl)cc1Cl. The van der Waals surface area contributed by atoms with E-state index in [9.17, 15) is 9.18 Å². The quantitative estimate of drug-likeness (QED) is 0.600. The number of hydrogen-bond donors (Lipinski definition) is 2. The molecular weight excluding hydrogens is 296 g/mol. The summed E-state index contributed by atoms with van der Waals surface area (Å²) in [4.78, 5) is 11.7. The standard InChI is InChI=1S/C12H14Cl2FNO3/c13-9-7-10(14)11(15)6-8(9)12(18)16-2-1-4-19-5-3-17/h6-7,17H,1-5H2,(H,16,18). The Balaban J connectivity index is 2.43. The lowest BCUT2D eigenvalue weighted by Gasteiger charge is -2.08. The molecule has 0 aliphatic heterocycles. The molecule has 19 heavy (non-hydrogen) atoms. The fraction of sp³-hybridized carbons (Fsp3) is 0.417. The minimum atomic E-state index is -0.692. The van der Waals surface area contributed by atoms with Gasteiger partial charge in [0.15, 0.2) is 0 Å². The van der Waals surface area contributed by atoms with Crippen molar-refractivity contribution >= 4 is 29.1 Å². The molecule has 1 rings (SSSR count). The molecule has 0 aliphatic rings. The maximum absolute atomic E-state index is 13.2. The second-order valence-corrected chi connectivity index (χ2v) is 4.51. The number of carbonyl (C=O) groups is 1. The first kappa shape index (κ1) is 16.2. The van der Waals surface area contributed by atoms with Crippen molar-refractivity contribution in [2.24, 2.45) is 0 Å². The van der Waals surface area contributed by atoms with Crippen molar-refractivity contribution in [1.29, 1.82) is 0 Å². The predicted octanol–water partition coefficient (Wildman–Crippen LogP) is 2.26. The molecule has 0 unspecified atom stereocenters. The largest absolute Gasteiger partial charge is 0.394 e. The first-order valence-corrected chi connectivity index (χ1v) is 6.43. The van der Waals surface area contributed by atoms with E-state index in [0.717, 1.165) is 6.07 Å². The number of rotatable bonds is 7. The Morgan fingerprint density at radius 3 is 2.74 bits per heavy atom. The van der Waals surface area contributed by atoms with Crippen LogP contribution in [0.25, 0.3) is 0 Å². The van der Waals surface area contributed by atoms with E-state index in [-0.39, 0.29) is 28.8 Å². The normalized spacial score (nSPS) is 10.5. The molecule has 0 aromatic heterocycles. The highest BCUT2D eigenvalue weighted by Gasteiger charge is 2.13. The van der Waals surface area contributed by atoms with Crippen molar-refractivity contribution in [3.63, 3.8) is 0 Å². The van der Waals surface area contributed by atoms with Crippen molar-refractivity contribution in [3.8, 4) is 0 Å². The molecule has 0 spiro atoms. The van der Waals surface area contributed by atoms with E-state index >= 15 is 0 Å². The first-order valence-electron chi connectivity index (χ1n) is 5.67. The summed E-state index contributed by atoms with van der Waals surface area (Å²) in [5, 5.41) is 11.0. The predicted molar refractivity (Wildman–Crippen MR) is 71.3 cm³/mol. The van der Waals surface area contributed by atoms with Gasteiger partial charge in [-0.15, -0.1) is 0 Å². The lowest BCUT2D eigenvalue weighted by molar-refractivity contribution is 0.0867. The van der Waals surface area contributed by atoms with Crippen molar-refractivity contribution in [2.75, 3.05) is 26.4 Å². The van der Waals surface area contributed by atoms with E-state index in [0.29, 0.717) is 19.6 Å². The van der Waals surface area contributed by atoms with Crippen LogP contribution in [-0.4, -0.2) is 37.4 Å². The lowest BCUT2D eigenvalue weighted by atomic mass is 10.2. The van der Waals surface area contributed by atoms with Gasteiger partial charge in [-0.3, -0.25) is 4.79 Å². The summed E-state index contributed by atoms with van der Waals surface area (Å²) in [7, 11) is 0. The Morgan fingerprint density at radius 2 is 2.05 bits per heavy atom. The molecule has 7 heteroatoms. The molecule has 0 atom stereocenters. The molecule has 0 heterocycles. The van der Waals surface area contributed by atoms with Crippen LogP contribution < -0.4 is 5.32 Å². The van der Waals surface area contributed by atoms with Crippen molar-refractivity contribution in [3.05, 3.63) is 33.6 Å². The summed E-state index contributed by atoms with van der Waals surface area (Å²) >= 11 is 11.4. The number of benzene rings is 1. The third kappa shape index (κ3) is 5.32. The number of halogens is 3. The summed E-state index contributed by atoms with van der Waals surface area (Å²) in [6, 6.07) is 2.19. The van der Waals surface area contributed by atoms with Gasteiger partial charge in [0.05, 0.1) is 28.8 Å². The van der Waals surface area contributed by atoms with Crippen LogP contribution in [0.3, 0.4) is 0 Å². The minimum Gasteiger partial charge on any atom is -0.394 e. The van der Waals surface area contributed by atoms with Crippen molar-refractivity contribution in [2.45, 2.75) is 6.42 Å². The molecule has 0 bridgehead atoms. The summed E-state index contributed by atoms with van der Waals surface area (Å²) in [5.41, 5.74) is 0.0415. The van der Waals surface area contributed by atoms with Crippen LogP contribution in [-0.2, 0) is 4.74 Å². The molecule has 1 aromatic carbocycles. The maximum atomic E-state index is 13.2. The number of ether oxygens (including phenoxy) is 1. The fourth-order valence-electron chi connectivity index (χ4n) is 1.33. The van der Waals surface area contributed by atoms with Gasteiger partial charge in [-0.05, 0) is 18.6 Å². The van der Waals surface area contributed by atoms with Crippen LogP contribution in [0.2, 0.25) is 10.0 Å². The Morgan fingerprint density at radius 1 is 1.32 bits per heavy atom. The van der Waals surface area contributed by atoms with Gasteiger partial charge in [-0.2, -0.15) is 0 Å². The van der Waals surface area contributed by atoms with Gasteiger partial charge in [0.2, 0.25) is 0 Å². The molecule has 2 N–H and O–H groups in total. The lowest BCUT2D eigenvalue weighted by Crippen LogP contribution is -2.25. The van der Waals surface area contributed by atoms with Crippen LogP contribution in [0.15, 0.2) is 12.1 Å². The summed E-state index contributed by atoms with van der Waals surface area (Å²) in [6.45, 7) is 1.02. The second kappa shape index (κ2) is 8.32. The third-order valence-electron chi connectivity index (χ3n) is 2.24. The molecule has 0 saturated carbocycles. The van der Waals surface area contributed by atoms with E-state index in [1.807, 2.05) is 0 Å². The summed E-state index contributed by atoms with van der Waals surface area (Å²) in [5.74, 6) is -1.16. The van der Waals surface area contributed by atoms with E-state index in [1.165, 1.54) is 6.07 Å². The van der Waals surface area contributed by atoms with Gasteiger partial charge in [-0.25, -0.2) is 4.39 Å². The van der Waals surface area contributed by atoms with Crippen molar-refractivity contribution in [1.82, 2.24) is 5.32 Å². The third-order valence-corrected chi connectivity index (χ3v) is 2.84. The number of nitrogens with one attached hydrogen (secondary N) is 1. The minimum absolute atomic E-state index is 0.0357. The highest BCUT2D eigenvalue weighted by molar-refractivity contribution is 6.36.